The molecule has 2 rings (SSSR count). The molecule has 8 nitrogen and oxygen atoms in total. The van der Waals surface area contributed by atoms with Crippen molar-refractivity contribution in [2.75, 3.05) is 30.9 Å². The number of hydrogen-bond donors (Lipinski definition) is 2. The molecule has 1 aromatic heterocycles. The molecule has 30 heavy (non-hydrogen) atoms. The van der Waals surface area contributed by atoms with Crippen LogP contribution in [0, 0.1) is 5.92 Å². The van der Waals surface area contributed by atoms with Crippen LogP contribution in [0.4, 0.5) is 11.5 Å². The van der Waals surface area contributed by atoms with Crippen LogP contribution in [-0.4, -0.2) is 35.7 Å². The lowest BCUT2D eigenvalue weighted by molar-refractivity contribution is -0.114. The van der Waals surface area contributed by atoms with Crippen molar-refractivity contribution in [3.63, 3.8) is 0 Å². The second-order valence-corrected chi connectivity index (χ2v) is 7.80. The maximum Gasteiger partial charge on any atom is 0.330 e. The van der Waals surface area contributed by atoms with Crippen LogP contribution >= 0.6 is 23.2 Å². The van der Waals surface area contributed by atoms with Crippen molar-refractivity contribution in [3.8, 4) is 0 Å². The lowest BCUT2D eigenvalue weighted by Crippen LogP contribution is -2.42. The molecular formula is C20H24Cl2N4O4. The molecule has 0 unspecified atom stereocenters. The number of hydrogen-bond acceptors (Lipinski definition) is 5. The van der Waals surface area contributed by atoms with Gasteiger partial charge in [0.15, 0.2) is 5.69 Å². The number of halogens is 2. The first-order valence-corrected chi connectivity index (χ1v) is 9.97. The van der Waals surface area contributed by atoms with Crippen LogP contribution in [0.1, 0.15) is 19.4 Å². The van der Waals surface area contributed by atoms with E-state index in [0.717, 1.165) is 0 Å². The summed E-state index contributed by atoms with van der Waals surface area (Å²) in [7, 11) is 1.47. The molecular weight excluding hydrogens is 431 g/mol. The van der Waals surface area contributed by atoms with Crippen molar-refractivity contribution < 1.29 is 9.53 Å². The predicted molar refractivity (Wildman–Crippen MR) is 120 cm³/mol. The molecule has 10 heteroatoms. The van der Waals surface area contributed by atoms with Gasteiger partial charge in [0, 0.05) is 26.3 Å². The Hall–Kier alpha value is -2.55. The molecule has 0 aliphatic carbocycles. The SMILES string of the molecule is COCCN(C(=O)/C=C/c1ccc(Cl)c(Cl)c1)c1c(N)n(CC(C)C)c(=O)[nH]c1=O. The number of nitrogen functional groups attached to an aromatic ring is 1. The lowest BCUT2D eigenvalue weighted by Gasteiger charge is -2.23. The van der Waals surface area contributed by atoms with E-state index in [1.807, 2.05) is 13.8 Å². The summed E-state index contributed by atoms with van der Waals surface area (Å²) >= 11 is 11.9. The van der Waals surface area contributed by atoms with Crippen molar-refractivity contribution in [2.45, 2.75) is 20.4 Å². The van der Waals surface area contributed by atoms with Gasteiger partial charge in [0.2, 0.25) is 0 Å². The summed E-state index contributed by atoms with van der Waals surface area (Å²) in [6.07, 6.45) is 2.82. The van der Waals surface area contributed by atoms with Gasteiger partial charge in [-0.2, -0.15) is 0 Å². The first-order chi connectivity index (χ1) is 14.1. The molecule has 0 saturated heterocycles. The summed E-state index contributed by atoms with van der Waals surface area (Å²) in [6.45, 7) is 4.33. The fourth-order valence-corrected chi connectivity index (χ4v) is 3.08. The van der Waals surface area contributed by atoms with Crippen molar-refractivity contribution in [2.24, 2.45) is 5.92 Å². The normalized spacial score (nSPS) is 11.4. The predicted octanol–water partition coefficient (Wildman–Crippen LogP) is 2.77. The highest BCUT2D eigenvalue weighted by Gasteiger charge is 2.23. The number of carbonyl (C=O) groups excluding carboxylic acids is 1. The van der Waals surface area contributed by atoms with E-state index in [0.29, 0.717) is 22.2 Å². The van der Waals surface area contributed by atoms with Gasteiger partial charge in [-0.1, -0.05) is 43.1 Å². The quantitative estimate of drug-likeness (QED) is 0.595. The highest BCUT2D eigenvalue weighted by atomic mass is 35.5. The van der Waals surface area contributed by atoms with Crippen molar-refractivity contribution in [1.29, 1.82) is 0 Å². The Balaban J connectivity index is 2.47. The molecule has 0 saturated carbocycles. The minimum Gasteiger partial charge on any atom is -0.383 e. The third-order valence-corrected chi connectivity index (χ3v) is 4.92. The van der Waals surface area contributed by atoms with E-state index in [4.69, 9.17) is 33.7 Å². The lowest BCUT2D eigenvalue weighted by atomic mass is 10.2. The number of benzene rings is 1. The molecule has 0 aliphatic heterocycles. The Morgan fingerprint density at radius 2 is 2.00 bits per heavy atom. The number of rotatable bonds is 8. The van der Waals surface area contributed by atoms with Crippen LogP contribution in [0.15, 0.2) is 33.9 Å². The summed E-state index contributed by atoms with van der Waals surface area (Å²) in [5.74, 6) is -0.490. The summed E-state index contributed by atoms with van der Waals surface area (Å²) in [4.78, 5) is 41.1. The van der Waals surface area contributed by atoms with E-state index < -0.39 is 17.2 Å². The van der Waals surface area contributed by atoms with Crippen LogP contribution in [0.5, 0.6) is 0 Å². The van der Waals surface area contributed by atoms with Crippen molar-refractivity contribution in [3.05, 3.63) is 60.7 Å². The van der Waals surface area contributed by atoms with Crippen LogP contribution in [0.3, 0.4) is 0 Å². The van der Waals surface area contributed by atoms with Gasteiger partial charge in [0.1, 0.15) is 5.82 Å². The Bertz CT molecular complexity index is 1060. The molecule has 0 radical (unpaired) electrons. The highest BCUT2D eigenvalue weighted by Crippen LogP contribution is 2.23. The summed E-state index contributed by atoms with van der Waals surface area (Å²) in [6, 6.07) is 4.92. The number of amides is 1. The van der Waals surface area contributed by atoms with Gasteiger partial charge in [0.25, 0.3) is 11.5 Å². The van der Waals surface area contributed by atoms with Crippen molar-refractivity contribution in [1.82, 2.24) is 9.55 Å². The smallest absolute Gasteiger partial charge is 0.330 e. The molecule has 0 spiro atoms. The van der Waals surface area contributed by atoms with E-state index in [9.17, 15) is 14.4 Å². The first-order valence-electron chi connectivity index (χ1n) is 9.21. The number of carbonyl (C=O) groups is 1. The van der Waals surface area contributed by atoms with E-state index in [1.165, 1.54) is 22.7 Å². The average Bonchev–Trinajstić information content (AvgIpc) is 2.68. The Labute approximate surface area is 183 Å². The second-order valence-electron chi connectivity index (χ2n) is 6.99. The third-order valence-electron chi connectivity index (χ3n) is 4.18. The van der Waals surface area contributed by atoms with E-state index in [-0.39, 0.29) is 30.6 Å². The number of anilines is 2. The summed E-state index contributed by atoms with van der Waals surface area (Å²) < 4.78 is 6.31. The summed E-state index contributed by atoms with van der Waals surface area (Å²) in [5, 5.41) is 0.748. The number of methoxy groups -OCH3 is 1. The molecule has 0 bridgehead atoms. The monoisotopic (exact) mass is 454 g/mol. The number of H-pyrrole nitrogens is 1. The van der Waals surface area contributed by atoms with Crippen LogP contribution in [0.25, 0.3) is 6.08 Å². The van der Waals surface area contributed by atoms with Gasteiger partial charge in [-0.25, -0.2) is 4.79 Å². The fraction of sp³-hybridized carbons (Fsp3) is 0.350. The molecule has 0 fully saturated rings. The molecule has 3 N–H and O–H groups in total. The number of nitrogens with one attached hydrogen (secondary N) is 1. The Morgan fingerprint density at radius 3 is 2.60 bits per heavy atom. The topological polar surface area (TPSA) is 110 Å². The number of aromatic nitrogens is 2. The fourth-order valence-electron chi connectivity index (χ4n) is 2.77. The first kappa shape index (κ1) is 23.7. The zero-order chi connectivity index (χ0) is 22.4. The Kier molecular flexibility index (Phi) is 8.28. The summed E-state index contributed by atoms with van der Waals surface area (Å²) in [5.41, 5.74) is 5.32. The van der Waals surface area contributed by atoms with E-state index in [2.05, 4.69) is 4.98 Å². The average molecular weight is 455 g/mol. The molecule has 1 aromatic carbocycles. The van der Waals surface area contributed by atoms with E-state index in [1.54, 1.807) is 24.3 Å². The number of nitrogens with two attached hydrogens (primary N) is 1. The van der Waals surface area contributed by atoms with Crippen LogP contribution in [0.2, 0.25) is 10.0 Å². The molecule has 0 atom stereocenters. The molecule has 1 amide bonds. The number of ether oxygens (including phenoxy) is 1. The Morgan fingerprint density at radius 1 is 1.30 bits per heavy atom. The molecule has 1 heterocycles. The van der Waals surface area contributed by atoms with Crippen LogP contribution < -0.4 is 21.9 Å². The molecule has 0 aliphatic rings. The second kappa shape index (κ2) is 10.5. The van der Waals surface area contributed by atoms with Gasteiger partial charge in [-0.05, 0) is 29.7 Å². The van der Waals surface area contributed by atoms with E-state index >= 15 is 0 Å². The molecule has 2 aromatic rings. The van der Waals surface area contributed by atoms with Gasteiger partial charge in [-0.3, -0.25) is 24.0 Å². The van der Waals surface area contributed by atoms with Gasteiger partial charge in [-0.15, -0.1) is 0 Å². The third kappa shape index (κ3) is 5.75. The number of nitrogens with zero attached hydrogens (tertiary/aromatic N) is 2. The zero-order valence-corrected chi connectivity index (χ0v) is 18.5. The number of aromatic amines is 1. The molecule has 162 valence electrons. The van der Waals surface area contributed by atoms with Gasteiger partial charge < -0.3 is 10.5 Å². The van der Waals surface area contributed by atoms with Crippen LogP contribution in [-0.2, 0) is 16.1 Å². The highest BCUT2D eigenvalue weighted by molar-refractivity contribution is 6.42. The maximum atomic E-state index is 12.9. The minimum absolute atomic E-state index is 0.0637. The van der Waals surface area contributed by atoms with Crippen molar-refractivity contribution >= 4 is 46.7 Å². The van der Waals surface area contributed by atoms with Gasteiger partial charge >= 0.3 is 5.69 Å². The minimum atomic E-state index is -0.745. The van der Waals surface area contributed by atoms with Gasteiger partial charge in [0.05, 0.1) is 16.7 Å². The largest absolute Gasteiger partial charge is 0.383 e. The standard InChI is InChI=1S/C20H24Cl2N4O4/c1-12(2)11-26-18(23)17(19(28)24-20(26)29)25(8-9-30-3)16(27)7-5-13-4-6-14(21)15(22)10-13/h4-7,10,12H,8-9,11,23H2,1-3H3,(H,24,28,29)/b7-5+. The maximum absolute atomic E-state index is 12.9. The zero-order valence-electron chi connectivity index (χ0n) is 16.9.